The first-order valence-corrected chi connectivity index (χ1v) is 12.5. The van der Waals surface area contributed by atoms with E-state index in [0.717, 1.165) is 21.9 Å². The number of amides is 3. The maximum Gasteiger partial charge on any atom is 0.352 e. The van der Waals surface area contributed by atoms with E-state index in [2.05, 4.69) is 15.5 Å². The number of carbonyl (C=O) groups is 4. The van der Waals surface area contributed by atoms with Gasteiger partial charge in [0, 0.05) is 22.4 Å². The van der Waals surface area contributed by atoms with E-state index < -0.39 is 34.9 Å². The van der Waals surface area contributed by atoms with Crippen LogP contribution in [-0.4, -0.2) is 73.3 Å². The van der Waals surface area contributed by atoms with E-state index in [9.17, 15) is 29.5 Å². The summed E-state index contributed by atoms with van der Waals surface area (Å²) in [6, 6.07) is 8.07. The second-order valence-corrected chi connectivity index (χ2v) is 9.95. The lowest BCUT2D eigenvalue weighted by atomic mass is 9.98. The Labute approximate surface area is 211 Å². The fourth-order valence-corrected chi connectivity index (χ4v) is 5.95. The van der Waals surface area contributed by atoms with Gasteiger partial charge in [0.25, 0.3) is 17.7 Å². The Hall–Kier alpha value is -4.17. The molecule has 0 spiro atoms. The van der Waals surface area contributed by atoms with Crippen molar-refractivity contribution in [3.8, 4) is 0 Å². The average Bonchev–Trinajstić information content (AvgIpc) is 3.30. The number of β-lactam (4-membered cyclic amide) rings is 2. The lowest BCUT2D eigenvalue weighted by Gasteiger charge is -2.49. The molecule has 0 saturated carbocycles. The van der Waals surface area contributed by atoms with Crippen molar-refractivity contribution in [2.45, 2.75) is 11.4 Å². The number of allylic oxidation sites excluding steroid dienone is 1. The number of aromatic nitrogens is 1. The lowest BCUT2D eigenvalue weighted by Crippen LogP contribution is -2.71. The number of hydrogen-bond donors (Lipinski definition) is 4. The van der Waals surface area contributed by atoms with Gasteiger partial charge in [0.2, 0.25) is 0 Å². The number of benzene rings is 1. The van der Waals surface area contributed by atoms with E-state index in [1.807, 2.05) is 18.2 Å². The zero-order valence-electron chi connectivity index (χ0n) is 18.3. The van der Waals surface area contributed by atoms with Crippen LogP contribution >= 0.6 is 23.1 Å². The lowest BCUT2D eigenvalue weighted by molar-refractivity contribution is -0.150. The molecule has 1 aromatic carbocycles. The number of nitrogen functional groups attached to an aromatic ring is 1. The summed E-state index contributed by atoms with van der Waals surface area (Å²) in [6.45, 7) is 0.324. The predicted octanol–water partition coefficient (Wildman–Crippen LogP) is 0.615. The Kier molecular flexibility index (Phi) is 5.97. The van der Waals surface area contributed by atoms with Gasteiger partial charge >= 0.3 is 5.97 Å². The highest BCUT2D eigenvalue weighted by atomic mass is 32.2. The number of anilines is 2. The molecule has 2 fully saturated rings. The van der Waals surface area contributed by atoms with Crippen molar-refractivity contribution in [1.29, 1.82) is 0 Å². The van der Waals surface area contributed by atoms with E-state index in [0.29, 0.717) is 17.7 Å². The number of nitrogens with two attached hydrogens (primary N) is 1. The Bertz CT molecular complexity index is 1380. The Morgan fingerprint density at radius 1 is 1.25 bits per heavy atom. The van der Waals surface area contributed by atoms with Gasteiger partial charge in [0.1, 0.15) is 22.8 Å². The molecular formula is C22H18N6O6S2. The summed E-state index contributed by atoms with van der Waals surface area (Å²) in [5.41, 5.74) is 6.49. The fraction of sp³-hybridized carbons (Fsp3) is 0.182. The second-order valence-electron chi connectivity index (χ2n) is 7.96. The van der Waals surface area contributed by atoms with Gasteiger partial charge < -0.3 is 26.3 Å². The van der Waals surface area contributed by atoms with Crippen molar-refractivity contribution >= 4 is 63.3 Å². The number of thioether (sulfide) groups is 1. The van der Waals surface area contributed by atoms with Gasteiger partial charge in [0.15, 0.2) is 10.8 Å². The molecule has 1 aromatic heterocycles. The van der Waals surface area contributed by atoms with Crippen LogP contribution in [0.2, 0.25) is 0 Å². The molecule has 184 valence electrons. The Morgan fingerprint density at radius 2 is 2.00 bits per heavy atom. The van der Waals surface area contributed by atoms with Gasteiger partial charge in [-0.15, -0.1) is 23.1 Å². The summed E-state index contributed by atoms with van der Waals surface area (Å²) in [6.07, 6.45) is 1.52. The SMILES string of the molecule is Nc1nc(/C(=N/O)C(=O)N[C@@H]2C(=O)N3C(C(=O)O)=C(C=C4CN(c5ccccc5)C4=O)CS[C@H]23)cs1. The molecule has 5 rings (SSSR count). The first-order valence-electron chi connectivity index (χ1n) is 10.5. The third-order valence-electron chi connectivity index (χ3n) is 5.83. The molecular weight excluding hydrogens is 508 g/mol. The number of carbonyl (C=O) groups excluding carboxylic acids is 3. The van der Waals surface area contributed by atoms with E-state index in [1.165, 1.54) is 23.2 Å². The third kappa shape index (κ3) is 3.89. The van der Waals surface area contributed by atoms with E-state index in [1.54, 1.807) is 17.0 Å². The van der Waals surface area contributed by atoms with Crippen LogP contribution in [0.15, 0.2) is 63.8 Å². The van der Waals surface area contributed by atoms with Crippen LogP contribution in [-0.2, 0) is 19.2 Å². The largest absolute Gasteiger partial charge is 0.477 e. The van der Waals surface area contributed by atoms with Crippen LogP contribution in [0.1, 0.15) is 5.69 Å². The molecule has 2 saturated heterocycles. The van der Waals surface area contributed by atoms with Crippen LogP contribution < -0.4 is 16.0 Å². The van der Waals surface area contributed by atoms with Crippen LogP contribution in [0.5, 0.6) is 0 Å². The van der Waals surface area contributed by atoms with Crippen LogP contribution in [0, 0.1) is 0 Å². The van der Waals surface area contributed by atoms with Crippen molar-refractivity contribution in [3.63, 3.8) is 0 Å². The first-order chi connectivity index (χ1) is 17.3. The molecule has 14 heteroatoms. The number of nitrogens with zero attached hydrogens (tertiary/aromatic N) is 4. The van der Waals surface area contributed by atoms with E-state index in [-0.39, 0.29) is 28.2 Å². The van der Waals surface area contributed by atoms with Gasteiger partial charge in [-0.25, -0.2) is 9.78 Å². The minimum atomic E-state index is -1.31. The number of hydrogen-bond acceptors (Lipinski definition) is 10. The summed E-state index contributed by atoms with van der Waals surface area (Å²) in [7, 11) is 0. The number of aliphatic carboxylic acids is 1. The first kappa shape index (κ1) is 23.6. The van der Waals surface area contributed by atoms with Crippen LogP contribution in [0.3, 0.4) is 0 Å². The van der Waals surface area contributed by atoms with Gasteiger partial charge in [-0.3, -0.25) is 19.3 Å². The van der Waals surface area contributed by atoms with Crippen molar-refractivity contribution in [3.05, 3.63) is 64.3 Å². The number of rotatable bonds is 6. The van der Waals surface area contributed by atoms with Gasteiger partial charge in [-0.05, 0) is 23.8 Å². The maximum absolute atomic E-state index is 12.9. The molecule has 0 unspecified atom stereocenters. The summed E-state index contributed by atoms with van der Waals surface area (Å²) >= 11 is 2.30. The van der Waals surface area contributed by atoms with Crippen molar-refractivity contribution < 1.29 is 29.5 Å². The molecule has 5 N–H and O–H groups in total. The normalized spacial score (nSPS) is 22.8. The Morgan fingerprint density at radius 3 is 2.61 bits per heavy atom. The number of nitrogens with one attached hydrogen (secondary N) is 1. The Balaban J connectivity index is 1.33. The van der Waals surface area contributed by atoms with Crippen LogP contribution in [0.4, 0.5) is 10.8 Å². The van der Waals surface area contributed by atoms with Crippen LogP contribution in [0.25, 0.3) is 0 Å². The number of oxime groups is 1. The highest BCUT2D eigenvalue weighted by Gasteiger charge is 2.54. The average molecular weight is 527 g/mol. The number of carboxylic acid groups (broad SMARTS) is 1. The molecule has 12 nitrogen and oxygen atoms in total. The van der Waals surface area contributed by atoms with Gasteiger partial charge in [0.05, 0.1) is 6.54 Å². The van der Waals surface area contributed by atoms with E-state index in [4.69, 9.17) is 5.73 Å². The van der Waals surface area contributed by atoms with Gasteiger partial charge in [-0.2, -0.15) is 0 Å². The molecule has 2 atom stereocenters. The number of para-hydroxylation sites is 1. The third-order valence-corrected chi connectivity index (χ3v) is 7.81. The fourth-order valence-electron chi connectivity index (χ4n) is 4.10. The molecule has 3 aliphatic rings. The molecule has 2 aromatic rings. The molecule has 3 amide bonds. The van der Waals surface area contributed by atoms with Gasteiger partial charge in [-0.1, -0.05) is 23.4 Å². The number of carboxylic acids is 1. The predicted molar refractivity (Wildman–Crippen MR) is 131 cm³/mol. The quantitative estimate of drug-likeness (QED) is 0.138. The molecule has 0 aliphatic carbocycles. The highest BCUT2D eigenvalue weighted by Crippen LogP contribution is 2.41. The summed E-state index contributed by atoms with van der Waals surface area (Å²) in [4.78, 5) is 56.8. The van der Waals surface area contributed by atoms with Crippen molar-refractivity contribution in [2.75, 3.05) is 22.9 Å². The standard InChI is InChI=1S/C22H18N6O6S2/c23-22-24-13(9-36-22)14(26-34)17(29)25-15-19(31)28-16(21(32)33)11(8-35-20(15)28)6-10-7-27(18(10)30)12-4-2-1-3-5-12/h1-6,9,15,20,34H,7-8H2,(H2,23,24)(H,25,29)(H,32,33)/b10-6?,26-14-/t15-,20-/m1/s1. The topological polar surface area (TPSA) is 179 Å². The highest BCUT2D eigenvalue weighted by molar-refractivity contribution is 8.00. The molecule has 3 aliphatic heterocycles. The zero-order valence-corrected chi connectivity index (χ0v) is 20.0. The summed E-state index contributed by atoms with van der Waals surface area (Å²) in [5.74, 6) is -2.81. The minimum absolute atomic E-state index is 0.0483. The van der Waals surface area contributed by atoms with Crippen molar-refractivity contribution in [2.24, 2.45) is 5.16 Å². The molecule has 0 radical (unpaired) electrons. The maximum atomic E-state index is 12.9. The second kappa shape index (κ2) is 9.13. The molecule has 0 bridgehead atoms. The monoisotopic (exact) mass is 526 g/mol. The van der Waals surface area contributed by atoms with E-state index >= 15 is 0 Å². The minimum Gasteiger partial charge on any atom is -0.477 e. The molecule has 36 heavy (non-hydrogen) atoms. The van der Waals surface area contributed by atoms with Crippen molar-refractivity contribution in [1.82, 2.24) is 15.2 Å². The molecule has 4 heterocycles. The number of thiazole rings is 1. The zero-order chi connectivity index (χ0) is 25.6. The summed E-state index contributed by atoms with van der Waals surface area (Å²) in [5, 5.41) is 25.5. The smallest absolute Gasteiger partial charge is 0.352 e. The summed E-state index contributed by atoms with van der Waals surface area (Å²) < 4.78 is 0. The number of fused-ring (bicyclic) bond motifs is 1.